The number of carbonyl (C=O) groups is 4. The fourth-order valence-corrected chi connectivity index (χ4v) is 5.87. The molecule has 3 heterocycles. The van der Waals surface area contributed by atoms with Crippen LogP contribution < -0.4 is 5.73 Å². The Balaban J connectivity index is 1.36. The zero-order chi connectivity index (χ0) is 36.8. The number of carbonyl (C=O) groups excluding carboxylic acids is 4. The van der Waals surface area contributed by atoms with Gasteiger partial charge in [-0.15, -0.1) is 10.2 Å². The highest BCUT2D eigenvalue weighted by atomic mass is 16.7. The summed E-state index contributed by atoms with van der Waals surface area (Å²) in [5.74, 6) is -3.18. The van der Waals surface area contributed by atoms with Gasteiger partial charge < -0.3 is 29.4 Å². The predicted octanol–water partition coefficient (Wildman–Crippen LogP) is 4.02. The van der Waals surface area contributed by atoms with Crippen LogP contribution in [0.4, 0.5) is 5.82 Å². The van der Waals surface area contributed by atoms with Crippen molar-refractivity contribution in [2.75, 3.05) is 18.9 Å². The molecule has 0 radical (unpaired) electrons. The van der Waals surface area contributed by atoms with E-state index in [1.54, 1.807) is 97.1 Å². The Morgan fingerprint density at radius 1 is 0.660 bits per heavy atom. The zero-order valence-corrected chi connectivity index (χ0v) is 27.8. The molecule has 0 saturated carbocycles. The second kappa shape index (κ2) is 15.1. The van der Waals surface area contributed by atoms with E-state index in [0.717, 1.165) is 0 Å². The molecule has 7 rings (SSSR count). The number of hydrogen-bond donors (Lipinski definition) is 1. The summed E-state index contributed by atoms with van der Waals surface area (Å²) in [6.07, 6.45) is -3.16. The van der Waals surface area contributed by atoms with E-state index in [4.69, 9.17) is 29.4 Å². The molecule has 6 aromatic rings. The van der Waals surface area contributed by atoms with Crippen molar-refractivity contribution in [3.05, 3.63) is 150 Å². The van der Waals surface area contributed by atoms with Gasteiger partial charge in [0.2, 0.25) is 5.72 Å². The van der Waals surface area contributed by atoms with Gasteiger partial charge in [0.1, 0.15) is 19.3 Å². The number of nitrogens with zero attached hydrogens (tertiary/aromatic N) is 5. The van der Waals surface area contributed by atoms with Crippen LogP contribution in [-0.2, 0) is 29.4 Å². The molecule has 0 aliphatic carbocycles. The van der Waals surface area contributed by atoms with Crippen molar-refractivity contribution < 1.29 is 42.9 Å². The topological polar surface area (TPSA) is 197 Å². The SMILES string of the molecule is Nc1nnnc2c1ncn2[C@]1(COC(=O)c2ccccc2)O[C@H](COC(=O)c2ccccc2)[C@H](OC(=O)c2ccccc2)C1OC(=O)c1ccccc1. The monoisotopic (exact) mass is 714 g/mol. The van der Waals surface area contributed by atoms with Crippen molar-refractivity contribution in [3.63, 3.8) is 0 Å². The predicted molar refractivity (Wildman–Crippen MR) is 185 cm³/mol. The molecule has 2 N–H and O–H groups in total. The molecule has 53 heavy (non-hydrogen) atoms. The van der Waals surface area contributed by atoms with Gasteiger partial charge in [-0.2, -0.15) is 0 Å². The van der Waals surface area contributed by atoms with Gasteiger partial charge in [0, 0.05) is 0 Å². The van der Waals surface area contributed by atoms with Gasteiger partial charge in [0.25, 0.3) is 0 Å². The number of rotatable bonds is 11. The van der Waals surface area contributed by atoms with Crippen LogP contribution in [0.1, 0.15) is 41.4 Å². The van der Waals surface area contributed by atoms with E-state index in [2.05, 4.69) is 20.4 Å². The van der Waals surface area contributed by atoms with E-state index in [1.807, 2.05) is 0 Å². The maximum atomic E-state index is 13.9. The average molecular weight is 715 g/mol. The molecule has 0 spiro atoms. The summed E-state index contributed by atoms with van der Waals surface area (Å²) in [4.78, 5) is 58.6. The van der Waals surface area contributed by atoms with Crippen molar-refractivity contribution in [1.29, 1.82) is 0 Å². The Labute approximate surface area is 301 Å². The first-order valence-corrected chi connectivity index (χ1v) is 16.3. The molecule has 1 aliphatic heterocycles. The first-order valence-electron chi connectivity index (χ1n) is 16.3. The Kier molecular flexibility index (Phi) is 9.80. The number of benzene rings is 4. The minimum Gasteiger partial charge on any atom is -0.459 e. The number of hydrogen-bond acceptors (Lipinski definition) is 14. The maximum Gasteiger partial charge on any atom is 0.338 e. The van der Waals surface area contributed by atoms with Gasteiger partial charge in [0.15, 0.2) is 29.2 Å². The van der Waals surface area contributed by atoms with Crippen LogP contribution >= 0.6 is 0 Å². The van der Waals surface area contributed by atoms with Crippen molar-refractivity contribution >= 4 is 40.9 Å². The number of ether oxygens (including phenoxy) is 5. The lowest BCUT2D eigenvalue weighted by molar-refractivity contribution is -0.172. The third-order valence-corrected chi connectivity index (χ3v) is 8.45. The van der Waals surface area contributed by atoms with Crippen LogP contribution in [0.5, 0.6) is 0 Å². The highest BCUT2D eigenvalue weighted by molar-refractivity contribution is 5.91. The third-order valence-electron chi connectivity index (χ3n) is 8.45. The highest BCUT2D eigenvalue weighted by Gasteiger charge is 2.62. The molecule has 1 fully saturated rings. The minimum atomic E-state index is -2.09. The lowest BCUT2D eigenvalue weighted by atomic mass is 10.0. The Morgan fingerprint density at radius 2 is 1.15 bits per heavy atom. The molecule has 1 aliphatic rings. The second-order valence-corrected chi connectivity index (χ2v) is 11.8. The Morgan fingerprint density at radius 3 is 1.70 bits per heavy atom. The summed E-state index contributed by atoms with van der Waals surface area (Å²) >= 11 is 0. The van der Waals surface area contributed by atoms with Crippen molar-refractivity contribution in [1.82, 2.24) is 25.0 Å². The number of aromatic nitrogens is 5. The molecule has 0 amide bonds. The maximum absolute atomic E-state index is 13.9. The number of nitrogen functional groups attached to an aromatic ring is 1. The smallest absolute Gasteiger partial charge is 0.338 e. The van der Waals surface area contributed by atoms with Gasteiger partial charge in [-0.3, -0.25) is 4.57 Å². The Bertz CT molecular complexity index is 2240. The minimum absolute atomic E-state index is 0.00378. The van der Waals surface area contributed by atoms with Crippen LogP contribution in [-0.4, -0.2) is 80.4 Å². The van der Waals surface area contributed by atoms with Crippen molar-refractivity contribution in [2.45, 2.75) is 24.0 Å². The van der Waals surface area contributed by atoms with E-state index >= 15 is 0 Å². The number of anilines is 1. The van der Waals surface area contributed by atoms with E-state index < -0.39 is 61.1 Å². The summed E-state index contributed by atoms with van der Waals surface area (Å²) in [6.45, 7) is -1.17. The van der Waals surface area contributed by atoms with E-state index in [1.165, 1.54) is 35.2 Å². The second-order valence-electron chi connectivity index (χ2n) is 11.8. The summed E-state index contributed by atoms with van der Waals surface area (Å²) in [5, 5.41) is 11.6. The van der Waals surface area contributed by atoms with E-state index in [-0.39, 0.29) is 39.2 Å². The summed E-state index contributed by atoms with van der Waals surface area (Å²) in [6, 6.07) is 32.6. The molecule has 4 atom stereocenters. The van der Waals surface area contributed by atoms with Crippen LogP contribution in [0.3, 0.4) is 0 Å². The lowest BCUT2D eigenvalue weighted by Gasteiger charge is -2.35. The molecular weight excluding hydrogens is 684 g/mol. The van der Waals surface area contributed by atoms with Crippen molar-refractivity contribution in [3.8, 4) is 0 Å². The van der Waals surface area contributed by atoms with Gasteiger partial charge in [-0.25, -0.2) is 24.2 Å². The quantitative estimate of drug-likeness (QED) is 0.149. The largest absolute Gasteiger partial charge is 0.459 e. The number of imidazole rings is 1. The molecule has 1 saturated heterocycles. The summed E-state index contributed by atoms with van der Waals surface area (Å²) in [5.41, 5.74) is 4.89. The van der Waals surface area contributed by atoms with Crippen LogP contribution in [0.15, 0.2) is 128 Å². The van der Waals surface area contributed by atoms with Gasteiger partial charge in [-0.05, 0) is 53.7 Å². The van der Waals surface area contributed by atoms with E-state index in [0.29, 0.717) is 0 Å². The lowest BCUT2D eigenvalue weighted by Crippen LogP contribution is -2.52. The molecular formula is C38H30N6O9. The molecule has 266 valence electrons. The first-order chi connectivity index (χ1) is 25.8. The normalized spacial score (nSPS) is 19.3. The highest BCUT2D eigenvalue weighted by Crippen LogP contribution is 2.42. The third kappa shape index (κ3) is 7.13. The van der Waals surface area contributed by atoms with Crippen LogP contribution in [0.25, 0.3) is 11.2 Å². The van der Waals surface area contributed by atoms with Crippen LogP contribution in [0, 0.1) is 0 Å². The summed E-state index contributed by atoms with van der Waals surface area (Å²) in [7, 11) is 0. The fraction of sp³-hybridized carbons (Fsp3) is 0.158. The van der Waals surface area contributed by atoms with Gasteiger partial charge in [-0.1, -0.05) is 72.8 Å². The van der Waals surface area contributed by atoms with Gasteiger partial charge >= 0.3 is 23.9 Å². The fourth-order valence-electron chi connectivity index (χ4n) is 5.87. The van der Waals surface area contributed by atoms with Crippen molar-refractivity contribution in [2.24, 2.45) is 0 Å². The first kappa shape index (κ1) is 34.4. The number of fused-ring (bicyclic) bond motifs is 1. The van der Waals surface area contributed by atoms with Crippen LogP contribution in [0.2, 0.25) is 0 Å². The Hall–Kier alpha value is -7.00. The zero-order valence-electron chi connectivity index (χ0n) is 27.8. The molecule has 15 heteroatoms. The molecule has 0 bridgehead atoms. The standard InChI is InChI=1S/C38H30N6O9/c39-32-29-33(42-43-41-32)44(23-40-29)38(22-50-35(46)25-15-7-2-8-16-25)31(52-37(48)27-19-11-4-12-20-27)30(51-36(47)26-17-9-3-10-18-26)28(53-38)21-49-34(45)24-13-5-1-6-14-24/h1-20,23,28,30-31H,21-22H2,(H2,39,41,42)/t28-,30+,31?,38-/m1/s1. The molecule has 1 unspecified atom stereocenters. The average Bonchev–Trinajstić information content (AvgIpc) is 3.77. The van der Waals surface area contributed by atoms with Gasteiger partial charge in [0.05, 0.1) is 28.6 Å². The molecule has 2 aromatic heterocycles. The molecule has 15 nitrogen and oxygen atoms in total. The number of nitrogens with two attached hydrogens (primary N) is 1. The molecule has 4 aromatic carbocycles. The summed E-state index contributed by atoms with van der Waals surface area (Å²) < 4.78 is 31.9. The van der Waals surface area contributed by atoms with E-state index in [9.17, 15) is 19.2 Å². The number of esters is 4.